The fraction of sp³-hybridized carbons (Fsp3) is 0.684. The van der Waals surface area contributed by atoms with Crippen LogP contribution in [-0.4, -0.2) is 56.4 Å². The Kier molecular flexibility index (Phi) is 12.1. The lowest BCUT2D eigenvalue weighted by molar-refractivity contribution is -0.137. The van der Waals surface area contributed by atoms with Gasteiger partial charge >= 0.3 is 6.18 Å². The minimum atomic E-state index is -4.45. The first-order valence-corrected chi connectivity index (χ1v) is 10.3. The van der Waals surface area contributed by atoms with Crippen LogP contribution in [0.25, 0.3) is 0 Å². The smallest absolute Gasteiger partial charge is 0.382 e. The summed E-state index contributed by atoms with van der Waals surface area (Å²) in [7, 11) is 0. The van der Waals surface area contributed by atoms with Gasteiger partial charge in [-0.1, -0.05) is 11.6 Å². The van der Waals surface area contributed by atoms with Crippen LogP contribution in [0, 0.1) is 0 Å². The number of halogens is 5. The molecule has 0 aliphatic carbocycles. The molecule has 0 aromatic carbocycles. The van der Waals surface area contributed by atoms with E-state index >= 15 is 0 Å². The number of pyridine rings is 1. The van der Waals surface area contributed by atoms with E-state index in [2.05, 4.69) is 20.6 Å². The molecule has 2 rings (SSSR count). The van der Waals surface area contributed by atoms with E-state index in [-0.39, 0.29) is 35.0 Å². The summed E-state index contributed by atoms with van der Waals surface area (Å²) in [6.45, 7) is 8.13. The summed E-state index contributed by atoms with van der Waals surface area (Å²) in [5, 5.41) is 6.62. The van der Waals surface area contributed by atoms with Gasteiger partial charge in [-0.25, -0.2) is 4.98 Å². The number of unbranched alkanes of at least 4 members (excludes halogenated alkanes) is 1. The zero-order valence-corrected chi connectivity index (χ0v) is 20.4. The lowest BCUT2D eigenvalue weighted by atomic mass is 10.2. The number of ether oxygens (including phenoxy) is 1. The van der Waals surface area contributed by atoms with Gasteiger partial charge < -0.3 is 20.3 Å². The van der Waals surface area contributed by atoms with Gasteiger partial charge in [-0.3, -0.25) is 4.99 Å². The second-order valence-corrected chi connectivity index (χ2v) is 7.18. The van der Waals surface area contributed by atoms with Gasteiger partial charge in [0.1, 0.15) is 5.82 Å². The van der Waals surface area contributed by atoms with E-state index in [1.807, 2.05) is 18.7 Å². The summed E-state index contributed by atoms with van der Waals surface area (Å²) in [5.74, 6) is 1.11. The quantitative estimate of drug-likeness (QED) is 0.203. The SMILES string of the molecule is CCNC(=NCCCCOCC)NC1CCN(c2ncc(C(F)(F)F)cc2Cl)C1.I. The molecule has 2 N–H and O–H groups in total. The van der Waals surface area contributed by atoms with Gasteiger partial charge in [0.2, 0.25) is 0 Å². The first-order valence-electron chi connectivity index (χ1n) is 9.95. The standard InChI is InChI=1S/C19H29ClF3N5O.HI/c1-3-24-18(25-8-5-6-10-29-4-2)27-15-7-9-28(13-15)17-16(20)11-14(12-26-17)19(21,22)23;/h11-12,15H,3-10,13H2,1-2H3,(H2,24,25,27);1H. The molecule has 0 radical (unpaired) electrons. The van der Waals surface area contributed by atoms with E-state index < -0.39 is 11.7 Å². The first kappa shape index (κ1) is 27.0. The molecule has 1 saturated heterocycles. The lowest BCUT2D eigenvalue weighted by Crippen LogP contribution is -2.44. The second-order valence-electron chi connectivity index (χ2n) is 6.77. The predicted molar refractivity (Wildman–Crippen MR) is 125 cm³/mol. The molecule has 1 unspecified atom stereocenters. The van der Waals surface area contributed by atoms with Crippen LogP contribution >= 0.6 is 35.6 Å². The third-order valence-corrected chi connectivity index (χ3v) is 4.77. The van der Waals surface area contributed by atoms with E-state index in [0.717, 1.165) is 57.2 Å². The van der Waals surface area contributed by atoms with Crippen molar-refractivity contribution in [3.63, 3.8) is 0 Å². The normalized spacial score (nSPS) is 17.1. The predicted octanol–water partition coefficient (Wildman–Crippen LogP) is 4.32. The second kappa shape index (κ2) is 13.4. The number of nitrogens with one attached hydrogen (secondary N) is 2. The highest BCUT2D eigenvalue weighted by Crippen LogP contribution is 2.34. The van der Waals surface area contributed by atoms with E-state index in [4.69, 9.17) is 16.3 Å². The number of nitrogens with zero attached hydrogens (tertiary/aromatic N) is 3. The van der Waals surface area contributed by atoms with Crippen LogP contribution in [0.15, 0.2) is 17.3 Å². The molecule has 1 fully saturated rings. The van der Waals surface area contributed by atoms with Crippen LogP contribution in [0.3, 0.4) is 0 Å². The summed E-state index contributed by atoms with van der Waals surface area (Å²) in [6.07, 6.45) is -0.905. The molecule has 172 valence electrons. The van der Waals surface area contributed by atoms with Crippen LogP contribution in [0.2, 0.25) is 5.02 Å². The number of aromatic nitrogens is 1. The third-order valence-electron chi connectivity index (χ3n) is 4.49. The zero-order valence-electron chi connectivity index (χ0n) is 17.3. The number of hydrogen-bond donors (Lipinski definition) is 2. The van der Waals surface area contributed by atoms with Gasteiger partial charge in [-0.2, -0.15) is 13.2 Å². The average Bonchev–Trinajstić information content (AvgIpc) is 3.12. The summed E-state index contributed by atoms with van der Waals surface area (Å²) < 4.78 is 43.7. The van der Waals surface area contributed by atoms with Gasteiger partial charge in [0, 0.05) is 51.6 Å². The maximum absolute atomic E-state index is 12.8. The van der Waals surface area contributed by atoms with Crippen LogP contribution < -0.4 is 15.5 Å². The maximum Gasteiger partial charge on any atom is 0.417 e. The Morgan fingerprint density at radius 1 is 1.37 bits per heavy atom. The fourth-order valence-corrected chi connectivity index (χ4v) is 3.34. The lowest BCUT2D eigenvalue weighted by Gasteiger charge is -2.21. The Hall–Kier alpha value is -1.01. The monoisotopic (exact) mass is 563 g/mol. The largest absolute Gasteiger partial charge is 0.417 e. The molecule has 6 nitrogen and oxygen atoms in total. The molecule has 1 aromatic heterocycles. The molecule has 1 atom stereocenters. The highest BCUT2D eigenvalue weighted by atomic mass is 127. The molecule has 0 saturated carbocycles. The highest BCUT2D eigenvalue weighted by Gasteiger charge is 2.33. The van der Waals surface area contributed by atoms with Crippen LogP contribution in [0.4, 0.5) is 19.0 Å². The maximum atomic E-state index is 12.8. The summed E-state index contributed by atoms with van der Waals surface area (Å²) in [4.78, 5) is 10.4. The van der Waals surface area contributed by atoms with Gasteiger partial charge in [0.25, 0.3) is 0 Å². The van der Waals surface area contributed by atoms with E-state index in [9.17, 15) is 13.2 Å². The van der Waals surface area contributed by atoms with Crippen molar-refractivity contribution in [1.82, 2.24) is 15.6 Å². The van der Waals surface area contributed by atoms with Gasteiger partial charge in [-0.15, -0.1) is 24.0 Å². The zero-order chi connectivity index (χ0) is 21.3. The molecule has 30 heavy (non-hydrogen) atoms. The number of alkyl halides is 3. The van der Waals surface area contributed by atoms with Crippen molar-refractivity contribution in [3.8, 4) is 0 Å². The molecule has 1 aliphatic rings. The number of hydrogen-bond acceptors (Lipinski definition) is 4. The molecule has 0 amide bonds. The van der Waals surface area contributed by atoms with Crippen LogP contribution in [0.1, 0.15) is 38.7 Å². The summed E-state index contributed by atoms with van der Waals surface area (Å²) >= 11 is 6.07. The number of aliphatic imine (C=N–C) groups is 1. The van der Waals surface area contributed by atoms with E-state index in [1.54, 1.807) is 0 Å². The number of anilines is 1. The Balaban J connectivity index is 0.00000450. The number of rotatable bonds is 9. The average molecular weight is 564 g/mol. The van der Waals surface area contributed by atoms with Crippen molar-refractivity contribution < 1.29 is 17.9 Å². The molecule has 2 heterocycles. The molecule has 0 bridgehead atoms. The number of guanidine groups is 1. The van der Waals surface area contributed by atoms with Crippen molar-refractivity contribution in [3.05, 3.63) is 22.8 Å². The van der Waals surface area contributed by atoms with Crippen molar-refractivity contribution in [1.29, 1.82) is 0 Å². The molecule has 1 aromatic rings. The van der Waals surface area contributed by atoms with E-state index in [0.29, 0.717) is 25.5 Å². The van der Waals surface area contributed by atoms with Crippen molar-refractivity contribution in [2.24, 2.45) is 4.99 Å². The van der Waals surface area contributed by atoms with Crippen LogP contribution in [0.5, 0.6) is 0 Å². The van der Waals surface area contributed by atoms with Gasteiger partial charge in [0.15, 0.2) is 5.96 Å². The Bertz CT molecular complexity index is 678. The van der Waals surface area contributed by atoms with Crippen molar-refractivity contribution >= 4 is 47.4 Å². The minimum Gasteiger partial charge on any atom is -0.382 e. The van der Waals surface area contributed by atoms with Crippen molar-refractivity contribution in [2.75, 3.05) is 44.3 Å². The Labute approximate surface area is 198 Å². The minimum absolute atomic E-state index is 0. The van der Waals surface area contributed by atoms with Crippen molar-refractivity contribution in [2.45, 2.75) is 45.3 Å². The van der Waals surface area contributed by atoms with Gasteiger partial charge in [0.05, 0.1) is 10.6 Å². The topological polar surface area (TPSA) is 61.8 Å². The molecule has 11 heteroatoms. The molecular weight excluding hydrogens is 534 g/mol. The third kappa shape index (κ3) is 8.62. The molecular formula is C19H30ClF3IN5O. The van der Waals surface area contributed by atoms with Gasteiger partial charge in [-0.05, 0) is 39.2 Å². The molecule has 1 aliphatic heterocycles. The first-order chi connectivity index (χ1) is 13.8. The van der Waals surface area contributed by atoms with E-state index in [1.165, 1.54) is 0 Å². The highest BCUT2D eigenvalue weighted by molar-refractivity contribution is 14.0. The fourth-order valence-electron chi connectivity index (χ4n) is 3.05. The summed E-state index contributed by atoms with van der Waals surface area (Å²) in [6, 6.07) is 1.04. The Morgan fingerprint density at radius 2 is 2.13 bits per heavy atom. The van der Waals surface area contributed by atoms with Crippen LogP contribution in [-0.2, 0) is 10.9 Å². The molecule has 0 spiro atoms. The Morgan fingerprint density at radius 3 is 2.77 bits per heavy atom. The summed E-state index contributed by atoms with van der Waals surface area (Å²) in [5.41, 5.74) is -0.842.